The normalized spacial score (nSPS) is 15.7. The maximum absolute atomic E-state index is 13.8. The minimum Gasteiger partial charge on any atom is -0.363 e. The van der Waals surface area contributed by atoms with E-state index in [1.807, 2.05) is 38.1 Å². The zero-order valence-corrected chi connectivity index (χ0v) is 15.6. The summed E-state index contributed by atoms with van der Waals surface area (Å²) in [6, 6.07) is 10.2. The second-order valence-corrected chi connectivity index (χ2v) is 6.25. The van der Waals surface area contributed by atoms with Crippen LogP contribution in [0.3, 0.4) is 0 Å². The number of anilines is 1. The van der Waals surface area contributed by atoms with Crippen molar-refractivity contribution in [2.45, 2.75) is 6.92 Å². The molecule has 1 aromatic carbocycles. The lowest BCUT2D eigenvalue weighted by Crippen LogP contribution is -2.30. The molecular weight excluding hydrogens is 343 g/mol. The molecule has 0 atom stereocenters. The SMILES string of the molecule is CCN1C(=O)/C(=C/c2ccc(N(C)C)nc2)N=C1/C=C/c1ccccc1F. The Kier molecular flexibility index (Phi) is 5.45. The largest absolute Gasteiger partial charge is 0.363 e. The van der Waals surface area contributed by atoms with Crippen molar-refractivity contribution < 1.29 is 9.18 Å². The topological polar surface area (TPSA) is 48.8 Å². The Hall–Kier alpha value is -3.28. The van der Waals surface area contributed by atoms with Crippen LogP contribution in [0.15, 0.2) is 59.4 Å². The van der Waals surface area contributed by atoms with Gasteiger partial charge in [0.05, 0.1) is 0 Å². The van der Waals surface area contributed by atoms with Gasteiger partial charge in [-0.05, 0) is 48.9 Å². The molecule has 0 fully saturated rings. The molecule has 6 heteroatoms. The predicted octanol–water partition coefficient (Wildman–Crippen LogP) is 3.60. The second-order valence-electron chi connectivity index (χ2n) is 6.25. The standard InChI is InChI=1S/C21H21FN4O/c1-4-26-20(12-10-16-7-5-6-8-17(16)22)24-18(21(26)27)13-15-9-11-19(23-14-15)25(2)3/h5-14H,4H2,1-3H3/b12-10+,18-13-. The van der Waals surface area contributed by atoms with E-state index in [0.29, 0.717) is 23.6 Å². The summed E-state index contributed by atoms with van der Waals surface area (Å²) in [7, 11) is 3.83. The van der Waals surface area contributed by atoms with Crippen LogP contribution in [0.1, 0.15) is 18.1 Å². The zero-order chi connectivity index (χ0) is 19.4. The Labute approximate surface area is 158 Å². The van der Waals surface area contributed by atoms with E-state index in [9.17, 15) is 9.18 Å². The van der Waals surface area contributed by atoms with Gasteiger partial charge >= 0.3 is 0 Å². The molecule has 0 N–H and O–H groups in total. The summed E-state index contributed by atoms with van der Waals surface area (Å²) in [4.78, 5) is 24.8. The van der Waals surface area contributed by atoms with Crippen LogP contribution in [0.25, 0.3) is 12.2 Å². The van der Waals surface area contributed by atoms with Crippen LogP contribution in [0, 0.1) is 5.82 Å². The Morgan fingerprint density at radius 1 is 1.15 bits per heavy atom. The van der Waals surface area contributed by atoms with Crippen LogP contribution in [-0.4, -0.2) is 42.3 Å². The van der Waals surface area contributed by atoms with E-state index in [0.717, 1.165) is 11.4 Å². The predicted molar refractivity (Wildman–Crippen MR) is 107 cm³/mol. The van der Waals surface area contributed by atoms with E-state index in [4.69, 9.17) is 0 Å². The third kappa shape index (κ3) is 4.11. The molecule has 0 aliphatic carbocycles. The third-order valence-electron chi connectivity index (χ3n) is 4.14. The highest BCUT2D eigenvalue weighted by molar-refractivity contribution is 6.18. The molecule has 1 aliphatic heterocycles. The number of amides is 1. The van der Waals surface area contributed by atoms with Crippen molar-refractivity contribution in [2.24, 2.45) is 4.99 Å². The maximum Gasteiger partial charge on any atom is 0.278 e. The molecule has 0 saturated carbocycles. The van der Waals surface area contributed by atoms with Gasteiger partial charge in [0.25, 0.3) is 5.91 Å². The van der Waals surface area contributed by atoms with Crippen molar-refractivity contribution in [2.75, 3.05) is 25.5 Å². The highest BCUT2D eigenvalue weighted by Gasteiger charge is 2.27. The van der Waals surface area contributed by atoms with Crippen LogP contribution in [0.5, 0.6) is 0 Å². The molecule has 2 aromatic rings. The number of amidine groups is 1. The molecule has 138 valence electrons. The summed E-state index contributed by atoms with van der Waals surface area (Å²) in [5.74, 6) is 0.837. The fraction of sp³-hybridized carbons (Fsp3) is 0.190. The molecule has 0 spiro atoms. The van der Waals surface area contributed by atoms with E-state index in [1.165, 1.54) is 6.07 Å². The van der Waals surface area contributed by atoms with Gasteiger partial charge in [-0.25, -0.2) is 14.4 Å². The average molecular weight is 364 g/mol. The molecule has 2 heterocycles. The highest BCUT2D eigenvalue weighted by Crippen LogP contribution is 2.20. The molecule has 1 aliphatic rings. The second kappa shape index (κ2) is 7.95. The van der Waals surface area contributed by atoms with Gasteiger partial charge in [-0.1, -0.05) is 18.2 Å². The van der Waals surface area contributed by atoms with Gasteiger partial charge in [-0.3, -0.25) is 9.69 Å². The van der Waals surface area contributed by atoms with Crippen LogP contribution in [0.4, 0.5) is 10.2 Å². The molecule has 5 nitrogen and oxygen atoms in total. The number of benzene rings is 1. The van der Waals surface area contributed by atoms with Gasteiger partial charge in [0, 0.05) is 32.4 Å². The number of pyridine rings is 1. The first kappa shape index (κ1) is 18.5. The Morgan fingerprint density at radius 2 is 1.93 bits per heavy atom. The van der Waals surface area contributed by atoms with Crippen LogP contribution in [-0.2, 0) is 4.79 Å². The number of hydrogen-bond donors (Lipinski definition) is 0. The first-order chi connectivity index (χ1) is 13.0. The smallest absolute Gasteiger partial charge is 0.278 e. The average Bonchev–Trinajstić information content (AvgIpc) is 2.96. The minimum atomic E-state index is -0.315. The van der Waals surface area contributed by atoms with Crippen LogP contribution >= 0.6 is 0 Å². The molecule has 0 radical (unpaired) electrons. The lowest BCUT2D eigenvalue weighted by molar-refractivity contribution is -0.122. The Balaban J connectivity index is 1.88. The van der Waals surface area contributed by atoms with Gasteiger partial charge in [-0.15, -0.1) is 0 Å². The number of carbonyl (C=O) groups excluding carboxylic acids is 1. The lowest BCUT2D eigenvalue weighted by Gasteiger charge is -2.12. The summed E-state index contributed by atoms with van der Waals surface area (Å²) >= 11 is 0. The molecule has 1 aromatic heterocycles. The molecule has 0 unspecified atom stereocenters. The molecule has 3 rings (SSSR count). The Morgan fingerprint density at radius 3 is 2.56 bits per heavy atom. The van der Waals surface area contributed by atoms with Crippen LogP contribution < -0.4 is 4.90 Å². The van der Waals surface area contributed by atoms with Gasteiger partial charge < -0.3 is 4.90 Å². The van der Waals surface area contributed by atoms with Crippen molar-refractivity contribution in [3.8, 4) is 0 Å². The number of aliphatic imine (C=N–C) groups is 1. The van der Waals surface area contributed by atoms with Gasteiger partial charge in [0.1, 0.15) is 23.2 Å². The summed E-state index contributed by atoms with van der Waals surface area (Å²) < 4.78 is 13.8. The Bertz CT molecular complexity index is 929. The van der Waals surface area contributed by atoms with Crippen molar-refractivity contribution in [3.63, 3.8) is 0 Å². The highest BCUT2D eigenvalue weighted by atomic mass is 19.1. The van der Waals surface area contributed by atoms with E-state index in [1.54, 1.807) is 47.5 Å². The maximum atomic E-state index is 13.8. The molecule has 1 amide bonds. The summed E-state index contributed by atoms with van der Waals surface area (Å²) in [5, 5.41) is 0. The third-order valence-corrected chi connectivity index (χ3v) is 4.14. The zero-order valence-electron chi connectivity index (χ0n) is 15.6. The first-order valence-electron chi connectivity index (χ1n) is 8.68. The first-order valence-corrected chi connectivity index (χ1v) is 8.68. The van der Waals surface area contributed by atoms with Crippen molar-refractivity contribution >= 4 is 29.7 Å². The van der Waals surface area contributed by atoms with Crippen LogP contribution in [0.2, 0.25) is 0 Å². The monoisotopic (exact) mass is 364 g/mol. The minimum absolute atomic E-state index is 0.178. The molecular formula is C21H21FN4O. The fourth-order valence-electron chi connectivity index (χ4n) is 2.68. The lowest BCUT2D eigenvalue weighted by atomic mass is 10.2. The summed E-state index contributed by atoms with van der Waals surface area (Å²) in [6.45, 7) is 2.36. The van der Waals surface area contributed by atoms with Crippen molar-refractivity contribution in [3.05, 3.63) is 71.3 Å². The van der Waals surface area contributed by atoms with Gasteiger partial charge in [0.2, 0.25) is 0 Å². The number of likely N-dealkylation sites (N-methyl/N-ethyl adjacent to an activating group) is 1. The van der Waals surface area contributed by atoms with Gasteiger partial charge in [-0.2, -0.15) is 0 Å². The quantitative estimate of drug-likeness (QED) is 0.762. The summed E-state index contributed by atoms with van der Waals surface area (Å²) in [6.07, 6.45) is 6.70. The van der Waals surface area contributed by atoms with E-state index in [-0.39, 0.29) is 11.7 Å². The van der Waals surface area contributed by atoms with Crippen molar-refractivity contribution in [1.29, 1.82) is 0 Å². The number of carbonyl (C=O) groups is 1. The number of hydrogen-bond acceptors (Lipinski definition) is 4. The number of rotatable bonds is 5. The molecule has 0 bridgehead atoms. The number of halogens is 1. The van der Waals surface area contributed by atoms with Crippen molar-refractivity contribution in [1.82, 2.24) is 9.88 Å². The van der Waals surface area contributed by atoms with Gasteiger partial charge in [0.15, 0.2) is 0 Å². The van der Waals surface area contributed by atoms with E-state index in [2.05, 4.69) is 9.98 Å². The van der Waals surface area contributed by atoms with E-state index < -0.39 is 0 Å². The number of nitrogens with zero attached hydrogens (tertiary/aromatic N) is 4. The summed E-state index contributed by atoms with van der Waals surface area (Å²) in [5.41, 5.74) is 1.58. The fourth-order valence-corrected chi connectivity index (χ4v) is 2.68. The van der Waals surface area contributed by atoms with E-state index >= 15 is 0 Å². The number of aromatic nitrogens is 1. The molecule has 27 heavy (non-hydrogen) atoms. The molecule has 0 saturated heterocycles.